The number of thiophene rings is 1. The van der Waals surface area contributed by atoms with Crippen molar-refractivity contribution in [1.82, 2.24) is 15.1 Å². The zero-order valence-electron chi connectivity index (χ0n) is 18.6. The van der Waals surface area contributed by atoms with Gasteiger partial charge < -0.3 is 19.9 Å². The molecule has 0 unspecified atom stereocenters. The molecule has 0 saturated heterocycles. The molecule has 0 radical (unpaired) electrons. The van der Waals surface area contributed by atoms with Gasteiger partial charge in [0.1, 0.15) is 24.7 Å². The van der Waals surface area contributed by atoms with E-state index in [4.69, 9.17) is 4.74 Å². The number of hydrogen-bond acceptors (Lipinski definition) is 4. The van der Waals surface area contributed by atoms with Gasteiger partial charge in [-0.1, -0.05) is 0 Å². The maximum absolute atomic E-state index is 13.4. The van der Waals surface area contributed by atoms with Crippen molar-refractivity contribution < 1.29 is 18.7 Å². The van der Waals surface area contributed by atoms with Crippen LogP contribution in [0.4, 0.5) is 9.18 Å². The summed E-state index contributed by atoms with van der Waals surface area (Å²) in [5.41, 5.74) is 1.09. The van der Waals surface area contributed by atoms with E-state index in [-0.39, 0.29) is 43.0 Å². The first-order chi connectivity index (χ1) is 15.4. The third kappa shape index (κ3) is 5.59. The maximum Gasteiger partial charge on any atom is 0.318 e. The third-order valence-corrected chi connectivity index (χ3v) is 6.83. The van der Waals surface area contributed by atoms with Crippen LogP contribution in [0.3, 0.4) is 0 Å². The number of carbonyl (C=O) groups excluding carboxylic acids is 2. The molecule has 2 aromatic rings. The average molecular weight is 460 g/mol. The normalized spacial score (nSPS) is 17.8. The van der Waals surface area contributed by atoms with E-state index in [1.165, 1.54) is 17.0 Å². The number of amides is 3. The van der Waals surface area contributed by atoms with Crippen molar-refractivity contribution in [2.45, 2.75) is 45.2 Å². The lowest BCUT2D eigenvalue weighted by molar-refractivity contribution is -0.135. The SMILES string of the molecule is CC(C)NC(=O)N(CC(=O)N1CCc2sccc2[C@@H]1COc1ccc(F)cc1)CC1CC1. The lowest BCUT2D eigenvalue weighted by atomic mass is 10.0. The van der Waals surface area contributed by atoms with Crippen LogP contribution < -0.4 is 10.1 Å². The highest BCUT2D eigenvalue weighted by molar-refractivity contribution is 7.10. The fourth-order valence-corrected chi connectivity index (χ4v) is 4.93. The van der Waals surface area contributed by atoms with Crippen LogP contribution in [0.15, 0.2) is 35.7 Å². The Balaban J connectivity index is 1.48. The highest BCUT2D eigenvalue weighted by atomic mass is 32.1. The van der Waals surface area contributed by atoms with E-state index >= 15 is 0 Å². The Morgan fingerprint density at radius 3 is 2.69 bits per heavy atom. The number of halogens is 1. The molecule has 1 fully saturated rings. The van der Waals surface area contributed by atoms with Crippen molar-refractivity contribution in [1.29, 1.82) is 0 Å². The summed E-state index contributed by atoms with van der Waals surface area (Å²) in [5.74, 6) is 0.660. The molecule has 1 aliphatic heterocycles. The molecule has 1 atom stereocenters. The lowest BCUT2D eigenvalue weighted by Crippen LogP contribution is -2.51. The quantitative estimate of drug-likeness (QED) is 0.643. The Hall–Kier alpha value is -2.61. The summed E-state index contributed by atoms with van der Waals surface area (Å²) < 4.78 is 19.2. The van der Waals surface area contributed by atoms with Crippen molar-refractivity contribution in [3.8, 4) is 5.75 Å². The van der Waals surface area contributed by atoms with Gasteiger partial charge in [-0.3, -0.25) is 4.79 Å². The predicted molar refractivity (Wildman–Crippen MR) is 122 cm³/mol. The molecule has 1 N–H and O–H groups in total. The fraction of sp³-hybridized carbons (Fsp3) is 0.500. The van der Waals surface area contributed by atoms with E-state index in [9.17, 15) is 14.0 Å². The molecular weight excluding hydrogens is 429 g/mol. The minimum atomic E-state index is -0.317. The number of nitrogens with zero attached hydrogens (tertiary/aromatic N) is 2. The van der Waals surface area contributed by atoms with Gasteiger partial charge in [0.05, 0.1) is 6.04 Å². The molecule has 2 aliphatic rings. The highest BCUT2D eigenvalue weighted by Crippen LogP contribution is 2.34. The molecule has 1 saturated carbocycles. The van der Waals surface area contributed by atoms with E-state index in [1.807, 2.05) is 30.2 Å². The monoisotopic (exact) mass is 459 g/mol. The van der Waals surface area contributed by atoms with E-state index in [0.717, 1.165) is 24.8 Å². The summed E-state index contributed by atoms with van der Waals surface area (Å²) in [6.45, 7) is 5.37. The van der Waals surface area contributed by atoms with Crippen LogP contribution in [0.1, 0.15) is 43.2 Å². The van der Waals surface area contributed by atoms with E-state index in [1.54, 1.807) is 28.4 Å². The van der Waals surface area contributed by atoms with Crippen LogP contribution in [-0.4, -0.2) is 54.0 Å². The second-order valence-corrected chi connectivity index (χ2v) is 9.85. The van der Waals surface area contributed by atoms with Gasteiger partial charge in [-0.2, -0.15) is 0 Å². The summed E-state index contributed by atoms with van der Waals surface area (Å²) in [6, 6.07) is 7.53. The van der Waals surface area contributed by atoms with Crippen LogP contribution in [-0.2, 0) is 11.2 Å². The third-order valence-electron chi connectivity index (χ3n) is 5.84. The Kier molecular flexibility index (Phi) is 6.98. The molecule has 0 bridgehead atoms. The summed E-state index contributed by atoms with van der Waals surface area (Å²) in [4.78, 5) is 30.9. The number of carbonyl (C=O) groups is 2. The Labute approximate surface area is 192 Å². The van der Waals surface area contributed by atoms with Gasteiger partial charge in [-0.25, -0.2) is 9.18 Å². The van der Waals surface area contributed by atoms with Crippen molar-refractivity contribution in [2.24, 2.45) is 5.92 Å². The van der Waals surface area contributed by atoms with Crippen LogP contribution in [0, 0.1) is 11.7 Å². The molecule has 2 heterocycles. The largest absolute Gasteiger partial charge is 0.491 e. The van der Waals surface area contributed by atoms with Crippen LogP contribution in [0.2, 0.25) is 0 Å². The van der Waals surface area contributed by atoms with Crippen molar-refractivity contribution in [3.63, 3.8) is 0 Å². The number of hydrogen-bond donors (Lipinski definition) is 1. The van der Waals surface area contributed by atoms with E-state index < -0.39 is 0 Å². The number of benzene rings is 1. The Bertz CT molecular complexity index is 942. The van der Waals surface area contributed by atoms with E-state index in [0.29, 0.717) is 24.8 Å². The van der Waals surface area contributed by atoms with Gasteiger partial charge >= 0.3 is 6.03 Å². The van der Waals surface area contributed by atoms with Gasteiger partial charge in [0, 0.05) is 24.0 Å². The summed E-state index contributed by atoms with van der Waals surface area (Å²) in [6.07, 6.45) is 3.01. The van der Waals surface area contributed by atoms with Crippen LogP contribution >= 0.6 is 11.3 Å². The summed E-state index contributed by atoms with van der Waals surface area (Å²) >= 11 is 1.69. The average Bonchev–Trinajstić information content (AvgIpc) is 3.44. The Morgan fingerprint density at radius 2 is 2.00 bits per heavy atom. The molecule has 1 aromatic carbocycles. The maximum atomic E-state index is 13.4. The zero-order chi connectivity index (χ0) is 22.7. The molecule has 6 nitrogen and oxygen atoms in total. The molecule has 32 heavy (non-hydrogen) atoms. The lowest BCUT2D eigenvalue weighted by Gasteiger charge is -2.37. The van der Waals surface area contributed by atoms with Gasteiger partial charge in [0.15, 0.2) is 0 Å². The predicted octanol–water partition coefficient (Wildman–Crippen LogP) is 4.22. The minimum Gasteiger partial charge on any atom is -0.491 e. The fourth-order valence-electron chi connectivity index (χ4n) is 4.00. The second kappa shape index (κ2) is 9.90. The molecule has 0 spiro atoms. The molecule has 1 aromatic heterocycles. The van der Waals surface area contributed by atoms with E-state index in [2.05, 4.69) is 5.32 Å². The number of nitrogens with one attached hydrogen (secondary N) is 1. The molecule has 4 rings (SSSR count). The van der Waals surface area contributed by atoms with Crippen molar-refractivity contribution in [3.05, 3.63) is 52.0 Å². The second-order valence-electron chi connectivity index (χ2n) is 8.85. The highest BCUT2D eigenvalue weighted by Gasteiger charge is 2.35. The molecule has 8 heteroatoms. The van der Waals surface area contributed by atoms with Crippen molar-refractivity contribution >= 4 is 23.3 Å². The Morgan fingerprint density at radius 1 is 1.25 bits per heavy atom. The first-order valence-corrected chi connectivity index (χ1v) is 12.1. The minimum absolute atomic E-state index is 0.0134. The number of ether oxygens (including phenoxy) is 1. The van der Waals surface area contributed by atoms with Crippen LogP contribution in [0.5, 0.6) is 5.75 Å². The molecule has 3 amide bonds. The van der Waals surface area contributed by atoms with Gasteiger partial charge in [0.2, 0.25) is 5.91 Å². The topological polar surface area (TPSA) is 61.9 Å². The van der Waals surface area contributed by atoms with Gasteiger partial charge in [0.25, 0.3) is 0 Å². The number of urea groups is 1. The summed E-state index contributed by atoms with van der Waals surface area (Å²) in [7, 11) is 0. The van der Waals surface area contributed by atoms with Gasteiger partial charge in [-0.15, -0.1) is 11.3 Å². The van der Waals surface area contributed by atoms with Gasteiger partial charge in [-0.05, 0) is 80.3 Å². The number of rotatable bonds is 8. The van der Waals surface area contributed by atoms with Crippen LogP contribution in [0.25, 0.3) is 0 Å². The first-order valence-electron chi connectivity index (χ1n) is 11.2. The smallest absolute Gasteiger partial charge is 0.318 e. The zero-order valence-corrected chi connectivity index (χ0v) is 19.4. The molecule has 1 aliphatic carbocycles. The molecule has 172 valence electrons. The summed E-state index contributed by atoms with van der Waals surface area (Å²) in [5, 5.41) is 4.96. The standard InChI is InChI=1S/C24H30FN3O3S/c1-16(2)26-24(30)27(13-17-3-4-17)14-23(29)28-11-9-22-20(10-12-32-22)21(28)15-31-19-7-5-18(25)6-8-19/h5-8,10,12,16-17,21H,3-4,9,11,13-15H2,1-2H3,(H,26,30)/t21-/m0/s1. The molecular formula is C24H30FN3O3S. The number of fused-ring (bicyclic) bond motifs is 1. The van der Waals surface area contributed by atoms with Crippen molar-refractivity contribution in [2.75, 3.05) is 26.2 Å². The first kappa shape index (κ1) is 22.6.